The summed E-state index contributed by atoms with van der Waals surface area (Å²) in [6.07, 6.45) is -0.00363. The number of benzene rings is 2. The molecule has 0 spiro atoms. The number of hydrogen-bond acceptors (Lipinski definition) is 7. The van der Waals surface area contributed by atoms with Crippen LogP contribution >= 0.6 is 0 Å². The highest BCUT2D eigenvalue weighted by molar-refractivity contribution is 6.46. The molecule has 8 nitrogen and oxygen atoms in total. The van der Waals surface area contributed by atoms with Crippen molar-refractivity contribution in [2.24, 2.45) is 0 Å². The number of hydrogen-bond donors (Lipinski definition) is 1. The number of methoxy groups -OCH3 is 3. The minimum atomic E-state index is -0.878. The Balaban J connectivity index is 2.17. The van der Waals surface area contributed by atoms with Crippen LogP contribution in [0.15, 0.2) is 48.0 Å². The molecule has 1 saturated heterocycles. The molecule has 1 N–H and O–H groups in total. The molecule has 0 aromatic heterocycles. The smallest absolute Gasteiger partial charge is 0.295 e. The highest BCUT2D eigenvalue weighted by atomic mass is 16.5. The SMILES string of the molecule is COCCN1C(=O)C(=O)C(=C(O)c2ccc(OC(C)C)cc2)C1c1cccc(OC)c1OC. The summed E-state index contributed by atoms with van der Waals surface area (Å²) in [7, 11) is 4.50. The highest BCUT2D eigenvalue weighted by Crippen LogP contribution is 2.45. The van der Waals surface area contributed by atoms with Gasteiger partial charge in [0.1, 0.15) is 11.5 Å². The zero-order valence-corrected chi connectivity index (χ0v) is 19.5. The molecular formula is C25H29NO7. The van der Waals surface area contributed by atoms with Gasteiger partial charge in [-0.05, 0) is 44.2 Å². The fourth-order valence-corrected chi connectivity index (χ4v) is 3.87. The number of carbonyl (C=O) groups excluding carboxylic acids is 2. The number of rotatable bonds is 9. The predicted octanol–water partition coefficient (Wildman–Crippen LogP) is 3.56. The number of aliphatic hydroxyl groups excluding tert-OH is 1. The topological polar surface area (TPSA) is 94.5 Å². The van der Waals surface area contributed by atoms with E-state index < -0.39 is 17.7 Å². The molecule has 0 radical (unpaired) electrons. The molecule has 1 amide bonds. The standard InChI is InChI=1S/C25H29NO7/c1-15(2)33-17-11-9-16(10-12-17)22(27)20-21(26(13-14-30-3)25(29)23(20)28)18-7-6-8-19(31-4)24(18)32-5/h6-12,15,21,27H,13-14H2,1-5H3. The van der Waals surface area contributed by atoms with Gasteiger partial charge in [-0.1, -0.05) is 12.1 Å². The van der Waals surface area contributed by atoms with Crippen molar-refractivity contribution in [1.82, 2.24) is 4.90 Å². The Morgan fingerprint density at radius 3 is 2.30 bits per heavy atom. The number of ether oxygens (including phenoxy) is 4. The van der Waals surface area contributed by atoms with Gasteiger partial charge in [-0.2, -0.15) is 0 Å². The molecule has 33 heavy (non-hydrogen) atoms. The van der Waals surface area contributed by atoms with E-state index in [-0.39, 0.29) is 30.6 Å². The van der Waals surface area contributed by atoms with Crippen molar-refractivity contribution < 1.29 is 33.6 Å². The van der Waals surface area contributed by atoms with E-state index in [2.05, 4.69) is 0 Å². The fourth-order valence-electron chi connectivity index (χ4n) is 3.87. The largest absolute Gasteiger partial charge is 0.507 e. The molecule has 1 fully saturated rings. The van der Waals surface area contributed by atoms with Crippen molar-refractivity contribution >= 4 is 17.4 Å². The number of ketones is 1. The summed E-state index contributed by atoms with van der Waals surface area (Å²) in [6.45, 7) is 4.20. The minimum Gasteiger partial charge on any atom is -0.507 e. The van der Waals surface area contributed by atoms with E-state index in [1.165, 1.54) is 26.2 Å². The second-order valence-electron chi connectivity index (χ2n) is 7.76. The Kier molecular flexibility index (Phi) is 7.60. The van der Waals surface area contributed by atoms with Crippen LogP contribution in [0.25, 0.3) is 5.76 Å². The van der Waals surface area contributed by atoms with Gasteiger partial charge in [-0.15, -0.1) is 0 Å². The lowest BCUT2D eigenvalue weighted by Crippen LogP contribution is -2.32. The number of amides is 1. The Labute approximate surface area is 193 Å². The van der Waals surface area contributed by atoms with Crippen molar-refractivity contribution in [3.8, 4) is 17.2 Å². The molecule has 1 unspecified atom stereocenters. The van der Waals surface area contributed by atoms with Gasteiger partial charge in [0, 0.05) is 24.8 Å². The van der Waals surface area contributed by atoms with E-state index in [9.17, 15) is 14.7 Å². The van der Waals surface area contributed by atoms with Gasteiger partial charge >= 0.3 is 0 Å². The number of nitrogens with zero attached hydrogens (tertiary/aromatic N) is 1. The molecule has 0 aliphatic carbocycles. The van der Waals surface area contributed by atoms with Gasteiger partial charge in [0.25, 0.3) is 11.7 Å². The van der Waals surface area contributed by atoms with E-state index in [0.717, 1.165) is 0 Å². The lowest BCUT2D eigenvalue weighted by atomic mass is 9.94. The Bertz CT molecular complexity index is 1040. The zero-order valence-electron chi connectivity index (χ0n) is 19.5. The summed E-state index contributed by atoms with van der Waals surface area (Å²) < 4.78 is 21.8. The molecule has 1 heterocycles. The Morgan fingerprint density at radius 2 is 1.73 bits per heavy atom. The first kappa shape index (κ1) is 24.1. The fraction of sp³-hybridized carbons (Fsp3) is 0.360. The van der Waals surface area contributed by atoms with Gasteiger partial charge < -0.3 is 29.0 Å². The number of carbonyl (C=O) groups is 2. The van der Waals surface area contributed by atoms with Gasteiger partial charge in [-0.25, -0.2) is 0 Å². The molecule has 8 heteroatoms. The summed E-state index contributed by atoms with van der Waals surface area (Å²) in [4.78, 5) is 27.4. The molecule has 2 aromatic rings. The molecule has 0 bridgehead atoms. The Hall–Kier alpha value is -3.52. The van der Waals surface area contributed by atoms with Gasteiger partial charge in [0.15, 0.2) is 11.5 Å². The Morgan fingerprint density at radius 1 is 1.03 bits per heavy atom. The van der Waals surface area contributed by atoms with Gasteiger partial charge in [0.2, 0.25) is 0 Å². The van der Waals surface area contributed by atoms with Crippen LogP contribution in [0.1, 0.15) is 31.0 Å². The highest BCUT2D eigenvalue weighted by Gasteiger charge is 2.47. The van der Waals surface area contributed by atoms with E-state index in [1.54, 1.807) is 42.5 Å². The molecule has 3 rings (SSSR count). The van der Waals surface area contributed by atoms with Crippen LogP contribution in [0, 0.1) is 0 Å². The van der Waals surface area contributed by atoms with Crippen LogP contribution in [-0.2, 0) is 14.3 Å². The average Bonchev–Trinajstić information content (AvgIpc) is 3.06. The van der Waals surface area contributed by atoms with Gasteiger partial charge in [0.05, 0.1) is 38.5 Å². The average molecular weight is 456 g/mol. The molecule has 1 aliphatic rings. The van der Waals surface area contributed by atoms with Crippen molar-refractivity contribution in [1.29, 1.82) is 0 Å². The second kappa shape index (κ2) is 10.4. The van der Waals surface area contributed by atoms with E-state index in [0.29, 0.717) is 28.4 Å². The van der Waals surface area contributed by atoms with E-state index in [1.807, 2.05) is 13.8 Å². The van der Waals surface area contributed by atoms with Crippen molar-refractivity contribution in [3.63, 3.8) is 0 Å². The minimum absolute atomic E-state index is 0.00363. The third kappa shape index (κ3) is 4.80. The number of likely N-dealkylation sites (tertiary alicyclic amines) is 1. The molecular weight excluding hydrogens is 426 g/mol. The van der Waals surface area contributed by atoms with E-state index >= 15 is 0 Å². The molecule has 0 saturated carbocycles. The van der Waals surface area contributed by atoms with Crippen LogP contribution in [-0.4, -0.2) is 62.3 Å². The predicted molar refractivity (Wildman–Crippen MR) is 123 cm³/mol. The lowest BCUT2D eigenvalue weighted by molar-refractivity contribution is -0.140. The van der Waals surface area contributed by atoms with Crippen LogP contribution in [0.2, 0.25) is 0 Å². The van der Waals surface area contributed by atoms with Crippen LogP contribution in [0.5, 0.6) is 17.2 Å². The maximum atomic E-state index is 13.1. The summed E-state index contributed by atoms with van der Waals surface area (Å²) in [5, 5.41) is 11.2. The summed E-state index contributed by atoms with van der Waals surface area (Å²) in [5.74, 6) is -0.319. The molecule has 1 aliphatic heterocycles. The number of aliphatic hydroxyl groups is 1. The zero-order chi connectivity index (χ0) is 24.1. The third-order valence-electron chi connectivity index (χ3n) is 5.30. The normalized spacial score (nSPS) is 17.5. The van der Waals surface area contributed by atoms with Gasteiger partial charge in [-0.3, -0.25) is 9.59 Å². The summed E-state index contributed by atoms with van der Waals surface area (Å²) >= 11 is 0. The second-order valence-corrected chi connectivity index (χ2v) is 7.76. The van der Waals surface area contributed by atoms with Crippen LogP contribution < -0.4 is 14.2 Å². The van der Waals surface area contributed by atoms with Crippen LogP contribution in [0.3, 0.4) is 0 Å². The maximum absolute atomic E-state index is 13.1. The summed E-state index contributed by atoms with van der Waals surface area (Å²) in [6, 6.07) is 11.0. The third-order valence-corrected chi connectivity index (χ3v) is 5.30. The summed E-state index contributed by atoms with van der Waals surface area (Å²) in [5.41, 5.74) is 0.886. The number of Topliss-reactive ketones (excluding diaryl/α,β-unsaturated/α-hetero) is 1. The first-order chi connectivity index (χ1) is 15.8. The molecule has 1 atom stereocenters. The van der Waals surface area contributed by atoms with Crippen LogP contribution in [0.4, 0.5) is 0 Å². The maximum Gasteiger partial charge on any atom is 0.295 e. The van der Waals surface area contributed by atoms with Crippen molar-refractivity contribution in [3.05, 3.63) is 59.2 Å². The van der Waals surface area contributed by atoms with Crippen molar-refractivity contribution in [2.75, 3.05) is 34.5 Å². The van der Waals surface area contributed by atoms with E-state index in [4.69, 9.17) is 18.9 Å². The molecule has 2 aromatic carbocycles. The quantitative estimate of drug-likeness (QED) is 0.351. The van der Waals surface area contributed by atoms with Crippen molar-refractivity contribution in [2.45, 2.75) is 26.0 Å². The molecule has 176 valence electrons. The first-order valence-corrected chi connectivity index (χ1v) is 10.6. The lowest BCUT2D eigenvalue weighted by Gasteiger charge is -2.27. The first-order valence-electron chi connectivity index (χ1n) is 10.6. The number of para-hydroxylation sites is 1. The monoisotopic (exact) mass is 455 g/mol.